The van der Waals surface area contributed by atoms with Gasteiger partial charge in [-0.15, -0.1) is 13.2 Å². The van der Waals surface area contributed by atoms with E-state index in [4.69, 9.17) is 33.7 Å². The number of amides is 1. The van der Waals surface area contributed by atoms with Crippen LogP contribution in [0, 0.1) is 30.5 Å². The number of pyridine rings is 1. The second kappa shape index (κ2) is 22.7. The summed E-state index contributed by atoms with van der Waals surface area (Å²) in [4.78, 5) is 27.2. The van der Waals surface area contributed by atoms with E-state index < -0.39 is 35.9 Å². The van der Waals surface area contributed by atoms with Crippen LogP contribution in [0.15, 0.2) is 103 Å². The molecule has 2 aliphatic heterocycles. The van der Waals surface area contributed by atoms with Crippen LogP contribution in [0.3, 0.4) is 0 Å². The van der Waals surface area contributed by atoms with Gasteiger partial charge in [0.2, 0.25) is 12.1 Å². The van der Waals surface area contributed by atoms with E-state index in [1.165, 1.54) is 12.1 Å². The second-order valence-electron chi connectivity index (χ2n) is 17.2. The van der Waals surface area contributed by atoms with E-state index >= 15 is 0 Å². The van der Waals surface area contributed by atoms with E-state index in [1.54, 1.807) is 29.2 Å². The molecule has 3 heterocycles. The van der Waals surface area contributed by atoms with Gasteiger partial charge in [0, 0.05) is 49.8 Å². The molecule has 0 bridgehead atoms. The summed E-state index contributed by atoms with van der Waals surface area (Å²) in [5.41, 5.74) is 4.85. The van der Waals surface area contributed by atoms with E-state index in [0.717, 1.165) is 61.0 Å². The second-order valence-corrected chi connectivity index (χ2v) is 17.2. The predicted octanol–water partition coefficient (Wildman–Crippen LogP) is 9.48. The first kappa shape index (κ1) is 46.9. The van der Waals surface area contributed by atoms with E-state index in [1.807, 2.05) is 37.3 Å². The Labute approximate surface area is 376 Å². The van der Waals surface area contributed by atoms with Gasteiger partial charge in [0.15, 0.2) is 0 Å². The lowest BCUT2D eigenvalue weighted by atomic mass is 9.55. The van der Waals surface area contributed by atoms with E-state index in [0.29, 0.717) is 55.1 Å². The summed E-state index contributed by atoms with van der Waals surface area (Å²) in [6.45, 7) is 11.0. The number of carbonyl (C=O) groups excluding carboxylic acids is 1. The number of aromatic nitrogens is 1. The van der Waals surface area contributed by atoms with Gasteiger partial charge in [-0.05, 0) is 117 Å². The number of carbonyl (C=O) groups is 1. The average molecular weight is 882 g/mol. The third-order valence-corrected chi connectivity index (χ3v) is 12.8. The number of nitrogens with zero attached hydrogens (tertiary/aromatic N) is 3. The molecule has 13 heteroatoms. The number of benzene rings is 2. The molecule has 2 aliphatic carbocycles. The van der Waals surface area contributed by atoms with Crippen LogP contribution in [0.4, 0.5) is 9.18 Å². The van der Waals surface area contributed by atoms with Crippen LogP contribution in [0.1, 0.15) is 99.1 Å². The van der Waals surface area contributed by atoms with Gasteiger partial charge in [0.1, 0.15) is 30.0 Å². The van der Waals surface area contributed by atoms with Gasteiger partial charge < -0.3 is 38.7 Å². The smallest absolute Gasteiger partial charge is 0.410 e. The number of ether oxygens (including phenoxy) is 5. The largest absolute Gasteiger partial charge is 0.487 e. The van der Waals surface area contributed by atoms with Crippen LogP contribution in [-0.4, -0.2) is 83.1 Å². The molecule has 1 aromatic heterocycles. The lowest BCUT2D eigenvalue weighted by Crippen LogP contribution is -2.70. The first-order chi connectivity index (χ1) is 31.3. The number of oxime groups is 1. The van der Waals surface area contributed by atoms with Gasteiger partial charge in [0.25, 0.3) is 0 Å². The summed E-state index contributed by atoms with van der Waals surface area (Å²) in [6, 6.07) is 16.9. The Hall–Kier alpha value is -5.08. The van der Waals surface area contributed by atoms with Crippen LogP contribution in [0.25, 0.3) is 0 Å². The molecule has 2 fully saturated rings. The molecule has 3 aromatic rings. The Balaban J connectivity index is 1.43. The predicted molar refractivity (Wildman–Crippen MR) is 241 cm³/mol. The van der Waals surface area contributed by atoms with Crippen molar-refractivity contribution < 1.29 is 47.9 Å². The number of rotatable bonds is 22. The van der Waals surface area contributed by atoms with Crippen molar-refractivity contribution in [3.63, 3.8) is 0 Å². The Morgan fingerprint density at radius 1 is 1.03 bits per heavy atom. The number of unbranched alkanes of at least 4 members (excludes halogenated alkanes) is 2. The fraction of sp³-hybridized carbons (Fsp3) is 0.510. The fourth-order valence-electron chi connectivity index (χ4n) is 9.89. The van der Waals surface area contributed by atoms with Crippen molar-refractivity contribution in [2.75, 3.05) is 33.0 Å². The minimum atomic E-state index is -1.52. The van der Waals surface area contributed by atoms with Gasteiger partial charge in [-0.3, -0.25) is 9.88 Å². The molecule has 0 spiro atoms. The van der Waals surface area contributed by atoms with Crippen molar-refractivity contribution in [2.45, 2.75) is 115 Å². The molecule has 64 heavy (non-hydrogen) atoms. The van der Waals surface area contributed by atoms with Gasteiger partial charge in [-0.2, -0.15) is 0 Å². The maximum Gasteiger partial charge on any atom is 0.410 e. The van der Waals surface area contributed by atoms with Crippen molar-refractivity contribution in [1.29, 1.82) is 0 Å². The Kier molecular flexibility index (Phi) is 16.6. The van der Waals surface area contributed by atoms with Crippen LogP contribution in [0.5, 0.6) is 11.5 Å². The topological polar surface area (TPSA) is 141 Å². The summed E-state index contributed by atoms with van der Waals surface area (Å²) in [5, 5.41) is 24.9. The first-order valence-electron chi connectivity index (χ1n) is 23.0. The lowest BCUT2D eigenvalue weighted by Gasteiger charge is -2.60. The molecule has 12 nitrogen and oxygen atoms in total. The average Bonchev–Trinajstić information content (AvgIpc) is 3.31. The molecule has 7 atom stereocenters. The van der Waals surface area contributed by atoms with Crippen LogP contribution in [0.2, 0.25) is 0 Å². The molecule has 344 valence electrons. The molecule has 7 rings (SSSR count). The number of aryl methyl sites for hydroxylation is 1. The highest BCUT2D eigenvalue weighted by atomic mass is 19.1. The third kappa shape index (κ3) is 11.0. The van der Waals surface area contributed by atoms with Crippen molar-refractivity contribution in [1.82, 2.24) is 9.88 Å². The van der Waals surface area contributed by atoms with Crippen molar-refractivity contribution in [3.8, 4) is 11.5 Å². The van der Waals surface area contributed by atoms with Crippen molar-refractivity contribution in [2.24, 2.45) is 22.9 Å². The van der Waals surface area contributed by atoms with Crippen molar-refractivity contribution >= 4 is 11.8 Å². The van der Waals surface area contributed by atoms with Gasteiger partial charge in [0.05, 0.1) is 37.1 Å². The third-order valence-electron chi connectivity index (χ3n) is 12.8. The Morgan fingerprint density at radius 2 is 1.84 bits per heavy atom. The molecule has 2 N–H and O–H groups in total. The minimum Gasteiger partial charge on any atom is -0.487 e. The Bertz CT molecular complexity index is 2090. The number of hydrogen-bond donors (Lipinski definition) is 2. The minimum absolute atomic E-state index is 0.00901. The van der Waals surface area contributed by atoms with E-state index in [-0.39, 0.29) is 63.8 Å². The van der Waals surface area contributed by atoms with Crippen LogP contribution < -0.4 is 9.47 Å². The summed E-state index contributed by atoms with van der Waals surface area (Å²) in [5.74, 6) is -1.44. The van der Waals surface area contributed by atoms with Gasteiger partial charge in [-0.1, -0.05) is 54.4 Å². The number of hydrogen-bond acceptors (Lipinski definition) is 11. The molecule has 1 unspecified atom stereocenters. The van der Waals surface area contributed by atoms with Crippen LogP contribution in [-0.2, 0) is 32.2 Å². The zero-order chi connectivity index (χ0) is 44.9. The summed E-state index contributed by atoms with van der Waals surface area (Å²) >= 11 is 0. The van der Waals surface area contributed by atoms with Gasteiger partial charge >= 0.3 is 6.09 Å². The van der Waals surface area contributed by atoms with Crippen molar-refractivity contribution in [3.05, 3.63) is 126 Å². The molecule has 1 saturated heterocycles. The SMILES string of the molecule is C=CCCOC(=O)N(Cc1ccc(F)cc1)[C@H]1CC(=NOC2CCCCO2)C2=C[C@H](CCCCO)[C@@H](CCCCO)[C@@H]3c4cc(OCc5cccc(C)n5)ccc4O[C@@]1(OCC=C)[C@H]23. The quantitative estimate of drug-likeness (QED) is 0.0570. The van der Waals surface area contributed by atoms with E-state index in [9.17, 15) is 19.4 Å². The molecule has 4 aliphatic rings. The normalized spacial score (nSPS) is 25.2. The highest BCUT2D eigenvalue weighted by molar-refractivity contribution is 6.03. The number of fused-ring (bicyclic) bond motifs is 2. The summed E-state index contributed by atoms with van der Waals surface area (Å²) < 4.78 is 47.2. The zero-order valence-corrected chi connectivity index (χ0v) is 37.1. The highest BCUT2D eigenvalue weighted by Crippen LogP contribution is 2.62. The maximum atomic E-state index is 14.7. The number of aliphatic hydroxyl groups excluding tert-OH is 2. The zero-order valence-electron chi connectivity index (χ0n) is 37.1. The standard InChI is InChI=1S/C51H64FN3O9/c1-4-6-28-60-50(58)55(33-36-19-21-38(52)22-20-36)46-32-44(54-64-47-18-9-12-29-59-47)42-30-37(15-7-10-25-56)41(17-8-11-26-57)48-43-31-40(61-34-39-16-13-14-35(3)53-39)23-24-45(43)63-51(46,49(42)48)62-27-5-2/h4-5,13-14,16,19-24,30-31,37,41,46-49,56-57H,1-2,6-12,15,17-18,25-29,32-34H2,3H3/t37-,41+,46-,47?,48+,49+,51+/m0/s1. The van der Waals surface area contributed by atoms with Crippen LogP contribution >= 0.6 is 0 Å². The monoisotopic (exact) mass is 881 g/mol. The summed E-state index contributed by atoms with van der Waals surface area (Å²) in [6.07, 6.45) is 12.2. The molecule has 2 aromatic carbocycles. The lowest BCUT2D eigenvalue weighted by molar-refractivity contribution is -0.256. The fourth-order valence-corrected chi connectivity index (χ4v) is 9.89. The highest BCUT2D eigenvalue weighted by Gasteiger charge is 2.65. The molecular weight excluding hydrogens is 818 g/mol. The molecule has 1 amide bonds. The number of aliphatic hydroxyl groups is 2. The maximum absolute atomic E-state index is 14.7. The first-order valence-corrected chi connectivity index (χ1v) is 23.0. The van der Waals surface area contributed by atoms with Gasteiger partial charge in [-0.25, -0.2) is 9.18 Å². The van der Waals surface area contributed by atoms with E-state index in [2.05, 4.69) is 30.3 Å². The molecular formula is C51H64FN3O9. The summed E-state index contributed by atoms with van der Waals surface area (Å²) in [7, 11) is 0. The Morgan fingerprint density at radius 3 is 2.58 bits per heavy atom. The number of halogens is 1. The molecule has 1 saturated carbocycles. The number of allylic oxidation sites excluding steroid dienone is 1. The molecule has 0 radical (unpaired) electrons.